The van der Waals surface area contributed by atoms with Gasteiger partial charge in [-0.3, -0.25) is 0 Å². The van der Waals surface area contributed by atoms with Crippen molar-refractivity contribution in [3.8, 4) is 5.75 Å². The lowest BCUT2D eigenvalue weighted by molar-refractivity contribution is 0.302. The van der Waals surface area contributed by atoms with E-state index in [1.54, 1.807) is 11.3 Å². The van der Waals surface area contributed by atoms with Crippen LogP contribution in [0, 0.1) is 0 Å². The van der Waals surface area contributed by atoms with Gasteiger partial charge < -0.3 is 10.1 Å². The Kier molecular flexibility index (Phi) is 4.29. The van der Waals surface area contributed by atoms with Gasteiger partial charge in [0.1, 0.15) is 5.75 Å². The van der Waals surface area contributed by atoms with Crippen molar-refractivity contribution < 1.29 is 4.74 Å². The number of halogens is 1. The summed E-state index contributed by atoms with van der Waals surface area (Å²) in [5, 5.41) is 3.52. The second-order valence-electron chi connectivity index (χ2n) is 5.02. The first kappa shape index (κ1) is 13.9. The highest BCUT2D eigenvalue weighted by molar-refractivity contribution is 7.16. The van der Waals surface area contributed by atoms with Crippen LogP contribution in [0.3, 0.4) is 0 Å². The monoisotopic (exact) mass is 307 g/mol. The molecule has 1 fully saturated rings. The predicted octanol–water partition coefficient (Wildman–Crippen LogP) is 4.64. The molecule has 2 aromatic rings. The molecule has 0 saturated heterocycles. The predicted molar refractivity (Wildman–Crippen MR) is 84.9 cm³/mol. The van der Waals surface area contributed by atoms with Gasteiger partial charge in [-0.05, 0) is 49.2 Å². The van der Waals surface area contributed by atoms with Gasteiger partial charge >= 0.3 is 0 Å². The molecule has 0 aliphatic heterocycles. The van der Waals surface area contributed by atoms with Crippen LogP contribution in [0.15, 0.2) is 36.4 Å². The molecule has 1 N–H and O–H groups in total. The van der Waals surface area contributed by atoms with E-state index < -0.39 is 0 Å². The molecule has 1 saturated carbocycles. The molecule has 1 aromatic carbocycles. The van der Waals surface area contributed by atoms with Crippen LogP contribution in [-0.4, -0.2) is 12.6 Å². The van der Waals surface area contributed by atoms with Gasteiger partial charge in [-0.25, -0.2) is 0 Å². The zero-order chi connectivity index (χ0) is 13.9. The Morgan fingerprint density at radius 3 is 2.85 bits per heavy atom. The Labute approximate surface area is 128 Å². The molecule has 2 nitrogen and oxygen atoms in total. The van der Waals surface area contributed by atoms with Crippen molar-refractivity contribution in [1.82, 2.24) is 5.32 Å². The van der Waals surface area contributed by atoms with Gasteiger partial charge in [-0.15, -0.1) is 11.3 Å². The average molecular weight is 308 g/mol. The van der Waals surface area contributed by atoms with Gasteiger partial charge in [0.15, 0.2) is 0 Å². The normalized spacial score (nSPS) is 16.1. The highest BCUT2D eigenvalue weighted by atomic mass is 35.5. The molecule has 0 radical (unpaired) electrons. The fourth-order valence-corrected chi connectivity index (χ4v) is 3.38. The summed E-state index contributed by atoms with van der Waals surface area (Å²) in [5.41, 5.74) is 1.23. The van der Waals surface area contributed by atoms with Crippen LogP contribution in [0.4, 0.5) is 0 Å². The van der Waals surface area contributed by atoms with Crippen LogP contribution >= 0.6 is 22.9 Å². The van der Waals surface area contributed by atoms with Crippen LogP contribution < -0.4 is 10.1 Å². The second-order valence-corrected chi connectivity index (χ2v) is 6.77. The highest BCUT2D eigenvalue weighted by Gasteiger charge is 2.24. The van der Waals surface area contributed by atoms with Crippen LogP contribution in [0.25, 0.3) is 0 Å². The van der Waals surface area contributed by atoms with E-state index in [2.05, 4.69) is 36.5 Å². The van der Waals surface area contributed by atoms with Crippen molar-refractivity contribution in [3.63, 3.8) is 0 Å². The van der Waals surface area contributed by atoms with Crippen molar-refractivity contribution in [2.24, 2.45) is 0 Å². The average Bonchev–Trinajstić information content (AvgIpc) is 3.16. The number of rotatable bonds is 6. The first-order valence-electron chi connectivity index (χ1n) is 7.01. The molecule has 1 unspecified atom stereocenters. The van der Waals surface area contributed by atoms with Crippen molar-refractivity contribution in [1.29, 1.82) is 0 Å². The fraction of sp³-hybridized carbons (Fsp3) is 0.375. The first-order valence-corrected chi connectivity index (χ1v) is 8.21. The Morgan fingerprint density at radius 2 is 2.20 bits per heavy atom. The highest BCUT2D eigenvalue weighted by Crippen LogP contribution is 2.33. The van der Waals surface area contributed by atoms with E-state index in [4.69, 9.17) is 16.3 Å². The summed E-state index contributed by atoms with van der Waals surface area (Å²) < 4.78 is 6.71. The van der Waals surface area contributed by atoms with Gasteiger partial charge in [0.2, 0.25) is 0 Å². The minimum atomic E-state index is 0.181. The Bertz CT molecular complexity index is 579. The van der Waals surface area contributed by atoms with Gasteiger partial charge in [-0.2, -0.15) is 0 Å². The molecular formula is C16H18ClNOS. The number of thiophene rings is 1. The van der Waals surface area contributed by atoms with Gasteiger partial charge in [0, 0.05) is 4.88 Å². The van der Waals surface area contributed by atoms with Crippen LogP contribution in [0.2, 0.25) is 4.34 Å². The van der Waals surface area contributed by atoms with E-state index in [1.165, 1.54) is 23.3 Å². The van der Waals surface area contributed by atoms with E-state index in [0.29, 0.717) is 6.10 Å². The second kappa shape index (κ2) is 6.17. The van der Waals surface area contributed by atoms with Gasteiger partial charge in [0.25, 0.3) is 0 Å². The zero-order valence-electron chi connectivity index (χ0n) is 11.4. The molecule has 0 bridgehead atoms. The number of nitrogens with one attached hydrogen (secondary N) is 1. The molecule has 3 rings (SSSR count). The third-order valence-corrected chi connectivity index (χ3v) is 4.60. The molecule has 1 atom stereocenters. The number of benzene rings is 1. The Balaban J connectivity index is 1.86. The summed E-state index contributed by atoms with van der Waals surface area (Å²) in [6.45, 7) is 3.03. The zero-order valence-corrected chi connectivity index (χ0v) is 13.0. The molecule has 1 heterocycles. The van der Waals surface area contributed by atoms with E-state index >= 15 is 0 Å². The quantitative estimate of drug-likeness (QED) is 0.839. The maximum absolute atomic E-state index is 6.07. The standard InChI is InChI=1S/C16H18ClNOS/c1-2-18-16(14-8-9-15(17)20-14)11-4-3-5-13(10-11)19-12-6-7-12/h3-5,8-10,12,16,18H,2,6-7H2,1H3. The number of hydrogen-bond acceptors (Lipinski definition) is 3. The third kappa shape index (κ3) is 3.35. The lowest BCUT2D eigenvalue weighted by atomic mass is 10.1. The van der Waals surface area contributed by atoms with Crippen molar-refractivity contribution in [2.75, 3.05) is 6.54 Å². The Morgan fingerprint density at radius 1 is 1.35 bits per heavy atom. The van der Waals surface area contributed by atoms with Crippen LogP contribution in [0.1, 0.15) is 36.2 Å². The molecule has 1 aromatic heterocycles. The first-order chi connectivity index (χ1) is 9.76. The molecular weight excluding hydrogens is 290 g/mol. The minimum Gasteiger partial charge on any atom is -0.490 e. The summed E-state index contributed by atoms with van der Waals surface area (Å²) in [6, 6.07) is 12.6. The minimum absolute atomic E-state index is 0.181. The maximum Gasteiger partial charge on any atom is 0.120 e. The van der Waals surface area contributed by atoms with E-state index in [9.17, 15) is 0 Å². The van der Waals surface area contributed by atoms with Crippen LogP contribution in [0.5, 0.6) is 5.75 Å². The largest absolute Gasteiger partial charge is 0.490 e. The lowest BCUT2D eigenvalue weighted by Gasteiger charge is -2.18. The summed E-state index contributed by atoms with van der Waals surface area (Å²) in [4.78, 5) is 1.24. The molecule has 0 amide bonds. The summed E-state index contributed by atoms with van der Waals surface area (Å²) >= 11 is 7.69. The maximum atomic E-state index is 6.07. The molecule has 0 spiro atoms. The SMILES string of the molecule is CCNC(c1cccc(OC2CC2)c1)c1ccc(Cl)s1. The van der Waals surface area contributed by atoms with Crippen molar-refractivity contribution in [3.05, 3.63) is 51.2 Å². The van der Waals surface area contributed by atoms with Crippen LogP contribution in [-0.2, 0) is 0 Å². The molecule has 1 aliphatic carbocycles. The van der Waals surface area contributed by atoms with E-state index in [1.807, 2.05) is 12.1 Å². The molecule has 20 heavy (non-hydrogen) atoms. The fourth-order valence-electron chi connectivity index (χ4n) is 2.22. The third-order valence-electron chi connectivity index (χ3n) is 3.31. The summed E-state index contributed by atoms with van der Waals surface area (Å²) in [6.07, 6.45) is 2.79. The van der Waals surface area contributed by atoms with Crippen molar-refractivity contribution >= 4 is 22.9 Å². The van der Waals surface area contributed by atoms with E-state index in [0.717, 1.165) is 16.6 Å². The number of ether oxygens (including phenoxy) is 1. The molecule has 1 aliphatic rings. The topological polar surface area (TPSA) is 21.3 Å². The summed E-state index contributed by atoms with van der Waals surface area (Å²) in [5.74, 6) is 0.968. The Hall–Kier alpha value is -1.03. The summed E-state index contributed by atoms with van der Waals surface area (Å²) in [7, 11) is 0. The smallest absolute Gasteiger partial charge is 0.120 e. The molecule has 106 valence electrons. The van der Waals surface area contributed by atoms with Gasteiger partial charge in [0.05, 0.1) is 16.5 Å². The molecule has 4 heteroatoms. The van der Waals surface area contributed by atoms with Gasteiger partial charge in [-0.1, -0.05) is 30.7 Å². The van der Waals surface area contributed by atoms with E-state index in [-0.39, 0.29) is 6.04 Å². The van der Waals surface area contributed by atoms with Crippen molar-refractivity contribution in [2.45, 2.75) is 31.9 Å². The lowest BCUT2D eigenvalue weighted by Crippen LogP contribution is -2.21. The number of hydrogen-bond donors (Lipinski definition) is 1.